The summed E-state index contributed by atoms with van der Waals surface area (Å²) >= 11 is 0. The average molecular weight is 451 g/mol. The van der Waals surface area contributed by atoms with Crippen LogP contribution >= 0.6 is 0 Å². The predicted octanol–water partition coefficient (Wildman–Crippen LogP) is 4.01. The highest BCUT2D eigenvalue weighted by molar-refractivity contribution is 5.99. The van der Waals surface area contributed by atoms with Crippen molar-refractivity contribution in [1.82, 2.24) is 0 Å². The number of para-hydroxylation sites is 1. The minimum atomic E-state index is -4.65. The van der Waals surface area contributed by atoms with Crippen LogP contribution in [-0.2, 0) is 20.5 Å². The van der Waals surface area contributed by atoms with Gasteiger partial charge in [-0.3, -0.25) is 14.4 Å². The maximum absolute atomic E-state index is 13.0. The molecule has 2 aromatic carbocycles. The highest BCUT2D eigenvalue weighted by Gasteiger charge is 2.34. The third kappa shape index (κ3) is 5.77. The molecule has 1 unspecified atom stereocenters. The molecule has 1 atom stereocenters. The summed E-state index contributed by atoms with van der Waals surface area (Å²) in [5, 5.41) is 2.11. The number of hydrogen-bond acceptors (Lipinski definition) is 6. The molecule has 0 fully saturated rings. The molecule has 0 radical (unpaired) electrons. The minimum Gasteiger partial charge on any atom is -0.486 e. The largest absolute Gasteiger partial charge is 0.486 e. The number of ketones is 1. The van der Waals surface area contributed by atoms with E-state index in [1.54, 1.807) is 12.1 Å². The second-order valence-electron chi connectivity index (χ2n) is 6.95. The molecule has 1 aliphatic heterocycles. The number of rotatable bonds is 7. The van der Waals surface area contributed by atoms with Crippen molar-refractivity contribution in [2.75, 3.05) is 18.5 Å². The van der Waals surface area contributed by atoms with Gasteiger partial charge in [0.15, 0.2) is 23.4 Å². The molecular formula is C22H20F3NO6. The smallest absolute Gasteiger partial charge is 0.418 e. The fraction of sp³-hybridized carbons (Fsp3) is 0.318. The van der Waals surface area contributed by atoms with E-state index in [0.717, 1.165) is 12.1 Å². The van der Waals surface area contributed by atoms with E-state index in [1.165, 1.54) is 25.1 Å². The predicted molar refractivity (Wildman–Crippen MR) is 107 cm³/mol. The van der Waals surface area contributed by atoms with Crippen LogP contribution < -0.4 is 14.8 Å². The molecule has 0 saturated carbocycles. The maximum Gasteiger partial charge on any atom is 0.418 e. The number of carbonyl (C=O) groups excluding carboxylic acids is 3. The molecular weight excluding hydrogens is 431 g/mol. The molecule has 7 nitrogen and oxygen atoms in total. The molecule has 10 heteroatoms. The van der Waals surface area contributed by atoms with Crippen molar-refractivity contribution in [1.29, 1.82) is 0 Å². The first kappa shape index (κ1) is 23.1. The van der Waals surface area contributed by atoms with Gasteiger partial charge >= 0.3 is 12.1 Å². The van der Waals surface area contributed by atoms with Crippen LogP contribution in [0.3, 0.4) is 0 Å². The van der Waals surface area contributed by atoms with Crippen molar-refractivity contribution in [2.24, 2.45) is 0 Å². The minimum absolute atomic E-state index is 0.177. The molecule has 170 valence electrons. The molecule has 2 aromatic rings. The Bertz CT molecular complexity index is 1020. The topological polar surface area (TPSA) is 90.9 Å². The van der Waals surface area contributed by atoms with Gasteiger partial charge in [-0.15, -0.1) is 0 Å². The number of Topliss-reactive ketones (excluding diaryl/α,β-unsaturated/α-hetero) is 1. The number of ether oxygens (including phenoxy) is 3. The van der Waals surface area contributed by atoms with Gasteiger partial charge in [0.2, 0.25) is 0 Å². The Balaban J connectivity index is 1.52. The zero-order valence-corrected chi connectivity index (χ0v) is 17.0. The second-order valence-corrected chi connectivity index (χ2v) is 6.95. The van der Waals surface area contributed by atoms with Crippen LogP contribution in [0.25, 0.3) is 0 Å². The number of nitrogens with one attached hydrogen (secondary N) is 1. The van der Waals surface area contributed by atoms with Crippen molar-refractivity contribution in [2.45, 2.75) is 32.0 Å². The van der Waals surface area contributed by atoms with Gasteiger partial charge < -0.3 is 19.5 Å². The average Bonchev–Trinajstić information content (AvgIpc) is 2.76. The quantitative estimate of drug-likeness (QED) is 0.505. The van der Waals surface area contributed by atoms with E-state index in [-0.39, 0.29) is 18.6 Å². The normalized spacial score (nSPS) is 13.8. The number of amides is 1. The van der Waals surface area contributed by atoms with E-state index < -0.39 is 35.4 Å². The van der Waals surface area contributed by atoms with E-state index in [4.69, 9.17) is 14.2 Å². The molecule has 0 aromatic heterocycles. The zero-order chi connectivity index (χ0) is 23.3. The van der Waals surface area contributed by atoms with Crippen molar-refractivity contribution in [3.05, 3.63) is 53.6 Å². The van der Waals surface area contributed by atoms with Gasteiger partial charge in [0.1, 0.15) is 13.2 Å². The summed E-state index contributed by atoms with van der Waals surface area (Å²) in [6, 6.07) is 9.14. The highest BCUT2D eigenvalue weighted by Crippen LogP contribution is 2.34. The lowest BCUT2D eigenvalue weighted by atomic mass is 10.1. The molecule has 1 heterocycles. The Morgan fingerprint density at radius 2 is 1.72 bits per heavy atom. The number of carbonyl (C=O) groups is 3. The lowest BCUT2D eigenvalue weighted by molar-refractivity contribution is -0.153. The van der Waals surface area contributed by atoms with E-state index in [9.17, 15) is 27.6 Å². The van der Waals surface area contributed by atoms with Gasteiger partial charge in [0.25, 0.3) is 5.91 Å². The van der Waals surface area contributed by atoms with Gasteiger partial charge in [0, 0.05) is 12.0 Å². The number of benzene rings is 2. The number of hydrogen-bond donors (Lipinski definition) is 1. The number of anilines is 1. The van der Waals surface area contributed by atoms with Crippen LogP contribution in [0.4, 0.5) is 18.9 Å². The third-order valence-corrected chi connectivity index (χ3v) is 4.59. The summed E-state index contributed by atoms with van der Waals surface area (Å²) in [6.07, 6.45) is -6.49. The molecule has 1 N–H and O–H groups in total. The molecule has 0 saturated heterocycles. The standard InChI is InChI=1S/C22H20F3NO6/c1-13(21(29)26-16-5-3-2-4-15(16)22(23,24)25)32-20(28)9-7-17(27)14-6-8-18-19(12-14)31-11-10-30-18/h2-6,8,12-13H,7,9-11H2,1H3,(H,26,29). The molecule has 1 amide bonds. The summed E-state index contributed by atoms with van der Waals surface area (Å²) in [7, 11) is 0. The molecule has 3 rings (SSSR count). The maximum atomic E-state index is 13.0. The number of halogens is 3. The van der Waals surface area contributed by atoms with Crippen molar-refractivity contribution < 1.29 is 41.8 Å². The van der Waals surface area contributed by atoms with Crippen molar-refractivity contribution >= 4 is 23.3 Å². The molecule has 0 bridgehead atoms. The van der Waals surface area contributed by atoms with Gasteiger partial charge in [-0.05, 0) is 37.3 Å². The number of alkyl halides is 3. The summed E-state index contributed by atoms with van der Waals surface area (Å²) in [5.41, 5.74) is -1.13. The summed E-state index contributed by atoms with van der Waals surface area (Å²) in [5.74, 6) is -1.13. The summed E-state index contributed by atoms with van der Waals surface area (Å²) < 4.78 is 54.9. The van der Waals surface area contributed by atoms with Crippen LogP contribution in [0, 0.1) is 0 Å². The van der Waals surface area contributed by atoms with Gasteiger partial charge in [0.05, 0.1) is 17.7 Å². The van der Waals surface area contributed by atoms with Gasteiger partial charge in [-0.1, -0.05) is 12.1 Å². The second kappa shape index (κ2) is 9.71. The molecule has 32 heavy (non-hydrogen) atoms. The Hall–Kier alpha value is -3.56. The fourth-order valence-corrected chi connectivity index (χ4v) is 2.96. The van der Waals surface area contributed by atoms with Crippen LogP contribution in [-0.4, -0.2) is 37.0 Å². The van der Waals surface area contributed by atoms with E-state index in [1.807, 2.05) is 0 Å². The van der Waals surface area contributed by atoms with E-state index in [2.05, 4.69) is 5.32 Å². The van der Waals surface area contributed by atoms with Crippen LogP contribution in [0.2, 0.25) is 0 Å². The summed E-state index contributed by atoms with van der Waals surface area (Å²) in [4.78, 5) is 36.5. The first-order valence-electron chi connectivity index (χ1n) is 9.74. The van der Waals surface area contributed by atoms with E-state index >= 15 is 0 Å². The Morgan fingerprint density at radius 3 is 2.44 bits per heavy atom. The van der Waals surface area contributed by atoms with Gasteiger partial charge in [-0.25, -0.2) is 0 Å². The van der Waals surface area contributed by atoms with Crippen LogP contribution in [0.15, 0.2) is 42.5 Å². The van der Waals surface area contributed by atoms with Crippen LogP contribution in [0.1, 0.15) is 35.7 Å². The molecule has 0 aliphatic carbocycles. The molecule has 1 aliphatic rings. The monoisotopic (exact) mass is 451 g/mol. The van der Waals surface area contributed by atoms with Crippen molar-refractivity contribution in [3.8, 4) is 11.5 Å². The first-order chi connectivity index (χ1) is 15.1. The SMILES string of the molecule is CC(OC(=O)CCC(=O)c1ccc2c(c1)OCCO2)C(=O)Nc1ccccc1C(F)(F)F. The zero-order valence-electron chi connectivity index (χ0n) is 17.0. The lowest BCUT2D eigenvalue weighted by Gasteiger charge is -2.18. The Morgan fingerprint density at radius 1 is 1.03 bits per heavy atom. The Labute approximate surface area is 181 Å². The summed E-state index contributed by atoms with van der Waals surface area (Å²) in [6.45, 7) is 2.01. The Kier molecular flexibility index (Phi) is 7.01. The number of fused-ring (bicyclic) bond motifs is 1. The molecule has 0 spiro atoms. The van der Waals surface area contributed by atoms with E-state index in [0.29, 0.717) is 30.3 Å². The number of esters is 1. The highest BCUT2D eigenvalue weighted by atomic mass is 19.4. The fourth-order valence-electron chi connectivity index (χ4n) is 2.96. The van der Waals surface area contributed by atoms with Crippen LogP contribution in [0.5, 0.6) is 11.5 Å². The lowest BCUT2D eigenvalue weighted by Crippen LogP contribution is -2.30. The first-order valence-corrected chi connectivity index (χ1v) is 9.74. The van der Waals surface area contributed by atoms with Gasteiger partial charge in [-0.2, -0.15) is 13.2 Å². The van der Waals surface area contributed by atoms with Crippen molar-refractivity contribution in [3.63, 3.8) is 0 Å². The third-order valence-electron chi connectivity index (χ3n) is 4.59.